The van der Waals surface area contributed by atoms with Crippen molar-refractivity contribution in [3.8, 4) is 11.4 Å². The molecule has 1 heterocycles. The Morgan fingerprint density at radius 3 is 2.53 bits per heavy atom. The van der Waals surface area contributed by atoms with Gasteiger partial charge in [-0.15, -0.1) is 10.2 Å². The van der Waals surface area contributed by atoms with Crippen molar-refractivity contribution in [2.45, 2.75) is 25.3 Å². The summed E-state index contributed by atoms with van der Waals surface area (Å²) in [6, 6.07) is 9.08. The summed E-state index contributed by atoms with van der Waals surface area (Å²) in [5.74, 6) is 0.903. The molecule has 0 amide bonds. The minimum atomic E-state index is 0.677. The van der Waals surface area contributed by atoms with E-state index in [9.17, 15) is 0 Å². The molecule has 3 rings (SSSR count). The number of aryl methyl sites for hydroxylation is 1. The zero-order chi connectivity index (χ0) is 11.7. The van der Waals surface area contributed by atoms with E-state index >= 15 is 0 Å². The van der Waals surface area contributed by atoms with Crippen LogP contribution in [0.4, 0.5) is 5.69 Å². The standard InChI is InChI=1S/C13H16N4/c1-17-9-14-16-13(17)10-5-7-12(8-6-10)15-11-3-2-4-11/h5-9,11,15H,2-4H2,1H3. The van der Waals surface area contributed by atoms with Gasteiger partial charge in [0, 0.05) is 24.3 Å². The van der Waals surface area contributed by atoms with Crippen molar-refractivity contribution in [3.05, 3.63) is 30.6 Å². The van der Waals surface area contributed by atoms with Crippen molar-refractivity contribution < 1.29 is 0 Å². The van der Waals surface area contributed by atoms with Gasteiger partial charge in [-0.3, -0.25) is 0 Å². The lowest BCUT2D eigenvalue weighted by Gasteiger charge is -2.27. The van der Waals surface area contributed by atoms with Gasteiger partial charge in [-0.2, -0.15) is 0 Å². The lowest BCUT2D eigenvalue weighted by Crippen LogP contribution is -2.26. The highest BCUT2D eigenvalue weighted by Gasteiger charge is 2.16. The number of aromatic nitrogens is 3. The van der Waals surface area contributed by atoms with Gasteiger partial charge in [0.2, 0.25) is 0 Å². The number of hydrogen-bond donors (Lipinski definition) is 1. The first-order valence-electron chi connectivity index (χ1n) is 6.04. The van der Waals surface area contributed by atoms with Crippen LogP contribution in [0.2, 0.25) is 0 Å². The highest BCUT2D eigenvalue weighted by molar-refractivity contribution is 5.60. The van der Waals surface area contributed by atoms with Crippen molar-refractivity contribution >= 4 is 5.69 Å². The Morgan fingerprint density at radius 1 is 1.24 bits per heavy atom. The number of rotatable bonds is 3. The van der Waals surface area contributed by atoms with Gasteiger partial charge in [-0.05, 0) is 43.5 Å². The molecule has 1 aliphatic carbocycles. The third-order valence-corrected chi connectivity index (χ3v) is 3.33. The van der Waals surface area contributed by atoms with Crippen LogP contribution in [0, 0.1) is 0 Å². The van der Waals surface area contributed by atoms with Crippen LogP contribution in [-0.4, -0.2) is 20.8 Å². The molecular weight excluding hydrogens is 212 g/mol. The molecule has 1 aromatic heterocycles. The van der Waals surface area contributed by atoms with Gasteiger partial charge >= 0.3 is 0 Å². The first-order valence-corrected chi connectivity index (χ1v) is 6.04. The van der Waals surface area contributed by atoms with Crippen LogP contribution in [0.15, 0.2) is 30.6 Å². The van der Waals surface area contributed by atoms with Crippen molar-refractivity contribution in [3.63, 3.8) is 0 Å². The lowest BCUT2D eigenvalue weighted by atomic mass is 9.93. The van der Waals surface area contributed by atoms with Crippen LogP contribution >= 0.6 is 0 Å². The SMILES string of the molecule is Cn1cnnc1-c1ccc(NC2CCC2)cc1. The molecule has 0 unspecified atom stereocenters. The summed E-state index contributed by atoms with van der Waals surface area (Å²) < 4.78 is 1.92. The molecule has 4 nitrogen and oxygen atoms in total. The fraction of sp³-hybridized carbons (Fsp3) is 0.385. The largest absolute Gasteiger partial charge is 0.382 e. The van der Waals surface area contributed by atoms with Crippen molar-refractivity contribution in [2.75, 3.05) is 5.32 Å². The maximum absolute atomic E-state index is 4.10. The van der Waals surface area contributed by atoms with Gasteiger partial charge in [0.05, 0.1) is 0 Å². The quantitative estimate of drug-likeness (QED) is 0.877. The minimum absolute atomic E-state index is 0.677. The number of hydrogen-bond acceptors (Lipinski definition) is 3. The highest BCUT2D eigenvalue weighted by Crippen LogP contribution is 2.24. The van der Waals surface area contributed by atoms with Gasteiger partial charge in [0.1, 0.15) is 6.33 Å². The molecule has 4 heteroatoms. The van der Waals surface area contributed by atoms with E-state index in [4.69, 9.17) is 0 Å². The maximum Gasteiger partial charge on any atom is 0.163 e. The lowest BCUT2D eigenvalue weighted by molar-refractivity contribution is 0.445. The van der Waals surface area contributed by atoms with Crippen LogP contribution in [0.1, 0.15) is 19.3 Å². The molecule has 0 bridgehead atoms. The summed E-state index contributed by atoms with van der Waals surface area (Å²) in [6.45, 7) is 0. The average Bonchev–Trinajstić information content (AvgIpc) is 2.71. The Bertz CT molecular complexity index is 496. The predicted molar refractivity (Wildman–Crippen MR) is 67.7 cm³/mol. The van der Waals surface area contributed by atoms with Gasteiger partial charge in [0.15, 0.2) is 5.82 Å². The summed E-state index contributed by atoms with van der Waals surface area (Å²) in [7, 11) is 1.95. The molecular formula is C13H16N4. The second-order valence-electron chi connectivity index (χ2n) is 4.61. The van der Waals surface area contributed by atoms with E-state index in [-0.39, 0.29) is 0 Å². The number of nitrogens with one attached hydrogen (secondary N) is 1. The fourth-order valence-electron chi connectivity index (χ4n) is 2.05. The van der Waals surface area contributed by atoms with Crippen LogP contribution in [0.5, 0.6) is 0 Å². The minimum Gasteiger partial charge on any atom is -0.382 e. The molecule has 0 radical (unpaired) electrons. The third kappa shape index (κ3) is 2.02. The van der Waals surface area contributed by atoms with Crippen molar-refractivity contribution in [2.24, 2.45) is 7.05 Å². The monoisotopic (exact) mass is 228 g/mol. The molecule has 0 spiro atoms. The first-order chi connectivity index (χ1) is 8.33. The summed E-state index contributed by atoms with van der Waals surface area (Å²) in [4.78, 5) is 0. The highest BCUT2D eigenvalue weighted by atomic mass is 15.2. The Morgan fingerprint density at radius 2 is 2.00 bits per heavy atom. The maximum atomic E-state index is 4.10. The molecule has 0 saturated heterocycles. The summed E-state index contributed by atoms with van der Waals surface area (Å²) in [6.07, 6.45) is 5.67. The van der Waals surface area contributed by atoms with Gasteiger partial charge in [0.25, 0.3) is 0 Å². The molecule has 1 fully saturated rings. The number of benzene rings is 1. The van der Waals surface area contributed by atoms with Crippen LogP contribution in [0.3, 0.4) is 0 Å². The van der Waals surface area contributed by atoms with Crippen LogP contribution in [-0.2, 0) is 7.05 Å². The van der Waals surface area contributed by atoms with E-state index in [2.05, 4.69) is 39.8 Å². The molecule has 1 N–H and O–H groups in total. The third-order valence-electron chi connectivity index (χ3n) is 3.33. The topological polar surface area (TPSA) is 42.7 Å². The van der Waals surface area contributed by atoms with Gasteiger partial charge < -0.3 is 9.88 Å². The second-order valence-corrected chi connectivity index (χ2v) is 4.61. The van der Waals surface area contributed by atoms with E-state index in [0.717, 1.165) is 11.4 Å². The molecule has 0 atom stereocenters. The van der Waals surface area contributed by atoms with Crippen LogP contribution < -0.4 is 5.32 Å². The van der Waals surface area contributed by atoms with E-state index in [1.807, 2.05) is 11.6 Å². The average molecular weight is 228 g/mol. The normalized spacial score (nSPS) is 15.6. The summed E-state index contributed by atoms with van der Waals surface area (Å²) >= 11 is 0. The molecule has 88 valence electrons. The Hall–Kier alpha value is -1.84. The van der Waals surface area contributed by atoms with E-state index in [1.54, 1.807) is 6.33 Å². The van der Waals surface area contributed by atoms with Crippen molar-refractivity contribution in [1.29, 1.82) is 0 Å². The molecule has 0 aliphatic heterocycles. The van der Waals surface area contributed by atoms with Crippen LogP contribution in [0.25, 0.3) is 11.4 Å². The van der Waals surface area contributed by atoms with Gasteiger partial charge in [-0.25, -0.2) is 0 Å². The van der Waals surface area contributed by atoms with E-state index < -0.39 is 0 Å². The van der Waals surface area contributed by atoms with E-state index in [0.29, 0.717) is 6.04 Å². The second kappa shape index (κ2) is 4.20. The Balaban J connectivity index is 1.77. The Labute approximate surface area is 101 Å². The molecule has 2 aromatic rings. The predicted octanol–water partition coefficient (Wildman–Crippen LogP) is 2.45. The zero-order valence-electron chi connectivity index (χ0n) is 9.93. The number of anilines is 1. The Kier molecular flexibility index (Phi) is 2.55. The first kappa shape index (κ1) is 10.3. The summed E-state index contributed by atoms with van der Waals surface area (Å²) in [5, 5.41) is 11.5. The smallest absolute Gasteiger partial charge is 0.163 e. The molecule has 1 aromatic carbocycles. The van der Waals surface area contributed by atoms with Crippen molar-refractivity contribution in [1.82, 2.24) is 14.8 Å². The van der Waals surface area contributed by atoms with E-state index in [1.165, 1.54) is 24.9 Å². The fourth-order valence-corrected chi connectivity index (χ4v) is 2.05. The molecule has 1 saturated carbocycles. The number of nitrogens with zero attached hydrogens (tertiary/aromatic N) is 3. The van der Waals surface area contributed by atoms with Gasteiger partial charge in [-0.1, -0.05) is 0 Å². The summed E-state index contributed by atoms with van der Waals surface area (Å²) in [5.41, 5.74) is 2.30. The molecule has 1 aliphatic rings. The molecule has 17 heavy (non-hydrogen) atoms. The zero-order valence-corrected chi connectivity index (χ0v) is 9.93.